The minimum atomic E-state index is -0.117. The van der Waals surface area contributed by atoms with Gasteiger partial charge in [0.1, 0.15) is 11.5 Å². The van der Waals surface area contributed by atoms with Crippen molar-refractivity contribution in [3.05, 3.63) is 47.6 Å². The largest absolute Gasteiger partial charge is 0.497 e. The first-order valence-electron chi connectivity index (χ1n) is 9.38. The van der Waals surface area contributed by atoms with E-state index >= 15 is 0 Å². The van der Waals surface area contributed by atoms with Crippen molar-refractivity contribution in [2.24, 2.45) is 11.3 Å². The van der Waals surface area contributed by atoms with Crippen LogP contribution in [-0.2, 0) is 4.79 Å². The maximum absolute atomic E-state index is 12.9. The Morgan fingerprint density at radius 2 is 1.88 bits per heavy atom. The van der Waals surface area contributed by atoms with E-state index in [1.807, 2.05) is 25.1 Å². The van der Waals surface area contributed by atoms with Crippen molar-refractivity contribution < 1.29 is 14.3 Å². The van der Waals surface area contributed by atoms with Crippen LogP contribution in [0.1, 0.15) is 58.4 Å². The summed E-state index contributed by atoms with van der Waals surface area (Å²) in [6.07, 6.45) is 8.97. The summed E-state index contributed by atoms with van der Waals surface area (Å²) in [5.74, 6) is 1.75. The molecule has 0 aromatic heterocycles. The predicted octanol–water partition coefficient (Wildman–Crippen LogP) is 5.71. The monoisotopic (exact) mass is 356 g/mol. The number of carbonyl (C=O) groups is 1. The molecule has 1 aromatic rings. The van der Waals surface area contributed by atoms with Crippen molar-refractivity contribution in [3.63, 3.8) is 0 Å². The van der Waals surface area contributed by atoms with Gasteiger partial charge in [-0.3, -0.25) is 4.79 Å². The number of hydrogen-bond donors (Lipinski definition) is 0. The van der Waals surface area contributed by atoms with Crippen molar-refractivity contribution in [1.82, 2.24) is 0 Å². The van der Waals surface area contributed by atoms with Crippen molar-refractivity contribution in [2.45, 2.75) is 52.9 Å². The number of ether oxygens (including phenoxy) is 2. The van der Waals surface area contributed by atoms with Crippen molar-refractivity contribution in [3.8, 4) is 11.5 Å². The number of carbonyl (C=O) groups excluding carboxylic acids is 1. The Hall–Kier alpha value is -2.03. The summed E-state index contributed by atoms with van der Waals surface area (Å²) in [5, 5.41) is 0. The zero-order valence-electron chi connectivity index (χ0n) is 17.0. The molecule has 0 aliphatic heterocycles. The number of allylic oxidation sites excluding steroid dienone is 4. The van der Waals surface area contributed by atoms with Crippen LogP contribution in [-0.4, -0.2) is 20.0 Å². The summed E-state index contributed by atoms with van der Waals surface area (Å²) < 4.78 is 11.0. The van der Waals surface area contributed by atoms with Crippen molar-refractivity contribution >= 4 is 5.78 Å². The van der Waals surface area contributed by atoms with Crippen LogP contribution in [0.5, 0.6) is 11.5 Å². The van der Waals surface area contributed by atoms with Crippen LogP contribution >= 0.6 is 0 Å². The lowest BCUT2D eigenvalue weighted by atomic mass is 9.80. The van der Waals surface area contributed by atoms with E-state index in [1.54, 1.807) is 20.3 Å². The van der Waals surface area contributed by atoms with Gasteiger partial charge in [0, 0.05) is 11.5 Å². The van der Waals surface area contributed by atoms with Crippen LogP contribution in [0.3, 0.4) is 0 Å². The highest BCUT2D eigenvalue weighted by atomic mass is 16.5. The molecule has 0 heterocycles. The summed E-state index contributed by atoms with van der Waals surface area (Å²) in [6.45, 7) is 8.56. The molecule has 3 nitrogen and oxygen atoms in total. The van der Waals surface area contributed by atoms with Gasteiger partial charge in [-0.05, 0) is 61.8 Å². The van der Waals surface area contributed by atoms with Gasteiger partial charge in [0.05, 0.1) is 14.2 Å². The molecule has 0 spiro atoms. The molecular weight excluding hydrogens is 324 g/mol. The Bertz CT molecular complexity index is 697. The number of benzene rings is 1. The number of ketones is 1. The first-order valence-corrected chi connectivity index (χ1v) is 9.38. The van der Waals surface area contributed by atoms with E-state index in [1.165, 1.54) is 5.57 Å². The van der Waals surface area contributed by atoms with E-state index in [4.69, 9.17) is 9.47 Å². The highest BCUT2D eigenvalue weighted by Gasteiger charge is 2.28. The second-order valence-electron chi connectivity index (χ2n) is 8.02. The molecule has 0 amide bonds. The minimum absolute atomic E-state index is 0.00979. The first kappa shape index (κ1) is 20.3. The quantitative estimate of drug-likeness (QED) is 0.651. The summed E-state index contributed by atoms with van der Waals surface area (Å²) in [4.78, 5) is 12.9. The molecule has 142 valence electrons. The van der Waals surface area contributed by atoms with Crippen LogP contribution in [0, 0.1) is 11.3 Å². The second-order valence-corrected chi connectivity index (χ2v) is 8.02. The Morgan fingerprint density at radius 1 is 1.15 bits per heavy atom. The highest BCUT2D eigenvalue weighted by molar-refractivity contribution is 5.92. The SMILES string of the molecule is COc1ccc(OC)c(C2CC/C(C)=C/CC(C)(C)/C=C/C(=O)[C@@H]2C)c1. The number of rotatable bonds is 3. The molecule has 2 atom stereocenters. The molecule has 0 fully saturated rings. The van der Waals surface area contributed by atoms with Crippen LogP contribution in [0.25, 0.3) is 0 Å². The minimum Gasteiger partial charge on any atom is -0.497 e. The smallest absolute Gasteiger partial charge is 0.158 e. The third kappa shape index (κ3) is 5.00. The van der Waals surface area contributed by atoms with Crippen LogP contribution in [0.2, 0.25) is 0 Å². The Kier molecular flexibility index (Phi) is 6.69. The summed E-state index contributed by atoms with van der Waals surface area (Å²) in [7, 11) is 3.34. The van der Waals surface area contributed by atoms with E-state index in [0.29, 0.717) is 0 Å². The fourth-order valence-corrected chi connectivity index (χ4v) is 3.45. The molecule has 0 saturated heterocycles. The zero-order chi connectivity index (χ0) is 19.3. The molecular formula is C23H32O3. The Labute approximate surface area is 158 Å². The lowest BCUT2D eigenvalue weighted by molar-refractivity contribution is -0.118. The third-order valence-corrected chi connectivity index (χ3v) is 5.41. The molecule has 0 N–H and O–H groups in total. The van der Waals surface area contributed by atoms with Gasteiger partial charge in [0.15, 0.2) is 5.78 Å². The van der Waals surface area contributed by atoms with E-state index in [-0.39, 0.29) is 23.0 Å². The van der Waals surface area contributed by atoms with Gasteiger partial charge in [-0.15, -0.1) is 0 Å². The average Bonchev–Trinajstić information content (AvgIpc) is 2.65. The fourth-order valence-electron chi connectivity index (χ4n) is 3.45. The average molecular weight is 357 g/mol. The predicted molar refractivity (Wildman–Crippen MR) is 107 cm³/mol. The topological polar surface area (TPSA) is 35.5 Å². The third-order valence-electron chi connectivity index (χ3n) is 5.41. The van der Waals surface area contributed by atoms with Gasteiger partial charge in [-0.25, -0.2) is 0 Å². The standard InChI is InChI=1S/C23H32O3/c1-16-7-9-19(20-15-18(25-5)8-10-22(20)26-6)17(2)21(24)12-14-23(3,4)13-11-16/h8,10-12,14-15,17,19H,7,9,13H2,1-6H3/b14-12+,16-11+/t17-,19?/m1/s1. The Balaban J connectivity index is 2.47. The molecule has 1 aliphatic carbocycles. The van der Waals surface area contributed by atoms with E-state index in [0.717, 1.165) is 36.3 Å². The van der Waals surface area contributed by atoms with Gasteiger partial charge < -0.3 is 9.47 Å². The van der Waals surface area contributed by atoms with Crippen LogP contribution in [0.15, 0.2) is 42.0 Å². The Morgan fingerprint density at radius 3 is 2.54 bits per heavy atom. The molecule has 1 aromatic carbocycles. The van der Waals surface area contributed by atoms with Gasteiger partial charge in [0.2, 0.25) is 0 Å². The summed E-state index contributed by atoms with van der Waals surface area (Å²) >= 11 is 0. The van der Waals surface area contributed by atoms with E-state index in [2.05, 4.69) is 32.9 Å². The highest BCUT2D eigenvalue weighted by Crippen LogP contribution is 2.39. The molecule has 26 heavy (non-hydrogen) atoms. The summed E-state index contributed by atoms with van der Waals surface area (Å²) in [6, 6.07) is 5.84. The van der Waals surface area contributed by atoms with Crippen molar-refractivity contribution in [2.75, 3.05) is 14.2 Å². The maximum atomic E-state index is 12.9. The molecule has 0 bridgehead atoms. The van der Waals surface area contributed by atoms with Gasteiger partial charge in [0.25, 0.3) is 0 Å². The molecule has 0 radical (unpaired) electrons. The molecule has 3 heteroatoms. The van der Waals surface area contributed by atoms with Gasteiger partial charge in [-0.1, -0.05) is 38.5 Å². The first-order chi connectivity index (χ1) is 12.3. The van der Waals surface area contributed by atoms with Crippen LogP contribution < -0.4 is 9.47 Å². The van der Waals surface area contributed by atoms with Gasteiger partial charge in [-0.2, -0.15) is 0 Å². The van der Waals surface area contributed by atoms with Crippen LogP contribution in [0.4, 0.5) is 0 Å². The normalized spacial score (nSPS) is 27.0. The maximum Gasteiger partial charge on any atom is 0.158 e. The number of hydrogen-bond acceptors (Lipinski definition) is 3. The summed E-state index contributed by atoms with van der Waals surface area (Å²) in [5.41, 5.74) is 2.41. The molecule has 1 unspecified atom stereocenters. The van der Waals surface area contributed by atoms with Gasteiger partial charge >= 0.3 is 0 Å². The van der Waals surface area contributed by atoms with E-state index < -0.39 is 0 Å². The van der Waals surface area contributed by atoms with Crippen molar-refractivity contribution in [1.29, 1.82) is 0 Å². The zero-order valence-corrected chi connectivity index (χ0v) is 17.0. The van der Waals surface area contributed by atoms with E-state index in [9.17, 15) is 4.79 Å². The molecule has 1 aliphatic rings. The fraction of sp³-hybridized carbons (Fsp3) is 0.522. The lowest BCUT2D eigenvalue weighted by Gasteiger charge is -2.25. The molecule has 0 saturated carbocycles. The lowest BCUT2D eigenvalue weighted by Crippen LogP contribution is -2.19. The molecule has 2 rings (SSSR count). The number of methoxy groups -OCH3 is 2. The second kappa shape index (κ2) is 8.57.